The second-order valence-corrected chi connectivity index (χ2v) is 9.85. The van der Waals surface area contributed by atoms with Crippen LogP contribution in [-0.4, -0.2) is 77.5 Å². The van der Waals surface area contributed by atoms with E-state index in [1.54, 1.807) is 14.7 Å². The van der Waals surface area contributed by atoms with Crippen LogP contribution in [0.15, 0.2) is 59.1 Å². The predicted octanol–water partition coefficient (Wildman–Crippen LogP) is 3.99. The zero-order valence-corrected chi connectivity index (χ0v) is 21.8. The molecule has 2 aliphatic heterocycles. The molecule has 0 radical (unpaired) electrons. The van der Waals surface area contributed by atoms with Crippen LogP contribution < -0.4 is 10.2 Å². The molecule has 2 heterocycles. The molecule has 0 aromatic heterocycles. The van der Waals surface area contributed by atoms with E-state index in [2.05, 4.69) is 26.1 Å². The molecule has 35 heavy (non-hydrogen) atoms. The van der Waals surface area contributed by atoms with Crippen molar-refractivity contribution in [3.05, 3.63) is 59.1 Å². The molecule has 0 bridgehead atoms. The first-order valence-electron chi connectivity index (χ1n) is 12.1. The second-order valence-electron chi connectivity index (χ2n) is 8.93. The van der Waals surface area contributed by atoms with E-state index in [9.17, 15) is 14.4 Å². The molecule has 2 fully saturated rings. The number of rotatable bonds is 6. The average molecular weight is 542 g/mol. The van der Waals surface area contributed by atoms with E-state index in [0.29, 0.717) is 45.7 Å². The standard InChI is InChI=1S/C26H32BrN5O3/c1-3-29(4-2)23(33)18-31-19-32(22-8-6-5-7-9-22)26(24(31)34)14-16-30(17-15-26)25(35)28-21-12-10-20(27)11-13-21/h5-13H,3-4,14-19H2,1-2H3,(H,28,35). The Morgan fingerprint density at radius 1 is 1.00 bits per heavy atom. The maximum Gasteiger partial charge on any atom is 0.321 e. The molecule has 2 aromatic carbocycles. The average Bonchev–Trinajstić information content (AvgIpc) is 3.13. The van der Waals surface area contributed by atoms with Crippen molar-refractivity contribution >= 4 is 45.2 Å². The number of likely N-dealkylation sites (tertiary alicyclic amines) is 1. The molecule has 0 atom stereocenters. The Hall–Kier alpha value is -3.07. The SMILES string of the molecule is CCN(CC)C(=O)CN1CN(c2ccccc2)C2(CCN(C(=O)Nc3ccc(Br)cc3)CC2)C1=O. The molecular formula is C26H32BrN5O3. The smallest absolute Gasteiger partial charge is 0.321 e. The minimum atomic E-state index is -0.765. The summed E-state index contributed by atoms with van der Waals surface area (Å²) in [4.78, 5) is 46.8. The van der Waals surface area contributed by atoms with Gasteiger partial charge in [-0.05, 0) is 63.1 Å². The van der Waals surface area contributed by atoms with Crippen LogP contribution in [0.1, 0.15) is 26.7 Å². The Bertz CT molecular complexity index is 1050. The number of nitrogens with zero attached hydrogens (tertiary/aromatic N) is 4. The quantitative estimate of drug-likeness (QED) is 0.599. The van der Waals surface area contributed by atoms with Gasteiger partial charge < -0.3 is 24.9 Å². The molecule has 9 heteroatoms. The number of benzene rings is 2. The number of para-hydroxylation sites is 1. The number of carbonyl (C=O) groups is 3. The highest BCUT2D eigenvalue weighted by Gasteiger charge is 2.54. The fourth-order valence-corrected chi connectivity index (χ4v) is 5.24. The molecule has 2 aliphatic rings. The number of likely N-dealkylation sites (N-methyl/N-ethyl adjacent to an activating group) is 1. The maximum absolute atomic E-state index is 13.8. The zero-order valence-electron chi connectivity index (χ0n) is 20.2. The zero-order chi connectivity index (χ0) is 25.0. The minimum absolute atomic E-state index is 0.0326. The predicted molar refractivity (Wildman–Crippen MR) is 140 cm³/mol. The summed E-state index contributed by atoms with van der Waals surface area (Å²) in [7, 11) is 0. The van der Waals surface area contributed by atoms with Gasteiger partial charge in [0, 0.05) is 42.0 Å². The van der Waals surface area contributed by atoms with Gasteiger partial charge in [0.2, 0.25) is 5.91 Å². The van der Waals surface area contributed by atoms with E-state index in [0.717, 1.165) is 15.8 Å². The van der Waals surface area contributed by atoms with Gasteiger partial charge in [0.05, 0.1) is 6.67 Å². The van der Waals surface area contributed by atoms with E-state index >= 15 is 0 Å². The lowest BCUT2D eigenvalue weighted by Gasteiger charge is -2.43. The largest absolute Gasteiger partial charge is 0.342 e. The Morgan fingerprint density at radius 3 is 2.23 bits per heavy atom. The van der Waals surface area contributed by atoms with E-state index < -0.39 is 5.54 Å². The van der Waals surface area contributed by atoms with Crippen LogP contribution in [0.4, 0.5) is 16.2 Å². The molecule has 0 unspecified atom stereocenters. The summed E-state index contributed by atoms with van der Waals surface area (Å²) in [6.07, 6.45) is 1.01. The molecule has 4 rings (SSSR count). The van der Waals surface area contributed by atoms with E-state index in [1.807, 2.05) is 68.4 Å². The first kappa shape index (κ1) is 25.0. The van der Waals surface area contributed by atoms with Crippen molar-refractivity contribution in [3.8, 4) is 0 Å². The number of anilines is 2. The van der Waals surface area contributed by atoms with Crippen molar-refractivity contribution in [1.29, 1.82) is 0 Å². The number of piperidine rings is 1. The molecular weight excluding hydrogens is 510 g/mol. The number of halogens is 1. The molecule has 2 aromatic rings. The van der Waals surface area contributed by atoms with Gasteiger partial charge in [-0.3, -0.25) is 9.59 Å². The summed E-state index contributed by atoms with van der Waals surface area (Å²) < 4.78 is 0.945. The fraction of sp³-hybridized carbons (Fsp3) is 0.423. The monoisotopic (exact) mass is 541 g/mol. The van der Waals surface area contributed by atoms with Gasteiger partial charge >= 0.3 is 6.03 Å². The number of amides is 4. The highest BCUT2D eigenvalue weighted by atomic mass is 79.9. The molecule has 1 spiro atoms. The highest BCUT2D eigenvalue weighted by molar-refractivity contribution is 9.10. The van der Waals surface area contributed by atoms with Gasteiger partial charge in [0.1, 0.15) is 12.1 Å². The molecule has 0 aliphatic carbocycles. The van der Waals surface area contributed by atoms with Gasteiger partial charge in [0.25, 0.3) is 5.91 Å². The molecule has 8 nitrogen and oxygen atoms in total. The van der Waals surface area contributed by atoms with E-state index in [-0.39, 0.29) is 24.4 Å². The van der Waals surface area contributed by atoms with Crippen LogP contribution in [0, 0.1) is 0 Å². The molecule has 0 saturated carbocycles. The number of hydrogen-bond acceptors (Lipinski definition) is 4. The third-order valence-corrected chi connectivity index (χ3v) is 7.53. The Balaban J connectivity index is 1.50. The van der Waals surface area contributed by atoms with Crippen LogP contribution in [-0.2, 0) is 9.59 Å². The van der Waals surface area contributed by atoms with Gasteiger partial charge in [-0.15, -0.1) is 0 Å². The van der Waals surface area contributed by atoms with Gasteiger partial charge in [-0.1, -0.05) is 34.1 Å². The van der Waals surface area contributed by atoms with Crippen molar-refractivity contribution < 1.29 is 14.4 Å². The van der Waals surface area contributed by atoms with Crippen LogP contribution in [0.25, 0.3) is 0 Å². The van der Waals surface area contributed by atoms with Crippen molar-refractivity contribution in [2.75, 3.05) is 49.6 Å². The van der Waals surface area contributed by atoms with Crippen LogP contribution in [0.5, 0.6) is 0 Å². The lowest BCUT2D eigenvalue weighted by molar-refractivity contribution is -0.140. The van der Waals surface area contributed by atoms with Gasteiger partial charge in [-0.25, -0.2) is 4.79 Å². The maximum atomic E-state index is 13.8. The molecule has 1 N–H and O–H groups in total. The number of hydrogen-bond donors (Lipinski definition) is 1. The lowest BCUT2D eigenvalue weighted by atomic mass is 9.85. The minimum Gasteiger partial charge on any atom is -0.342 e. The summed E-state index contributed by atoms with van der Waals surface area (Å²) in [6.45, 7) is 6.46. The lowest BCUT2D eigenvalue weighted by Crippen LogP contribution is -2.58. The normalized spacial score (nSPS) is 17.1. The molecule has 4 amide bonds. The van der Waals surface area contributed by atoms with Crippen molar-refractivity contribution in [2.45, 2.75) is 32.2 Å². The van der Waals surface area contributed by atoms with Crippen molar-refractivity contribution in [1.82, 2.24) is 14.7 Å². The first-order chi connectivity index (χ1) is 16.9. The van der Waals surface area contributed by atoms with Gasteiger partial charge in [-0.2, -0.15) is 0 Å². The van der Waals surface area contributed by atoms with E-state index in [4.69, 9.17) is 0 Å². The Morgan fingerprint density at radius 2 is 1.63 bits per heavy atom. The third kappa shape index (κ3) is 5.15. The summed E-state index contributed by atoms with van der Waals surface area (Å²) >= 11 is 3.40. The Labute approximate surface area is 215 Å². The highest BCUT2D eigenvalue weighted by Crippen LogP contribution is 2.39. The number of carbonyl (C=O) groups excluding carboxylic acids is 3. The van der Waals surface area contributed by atoms with E-state index in [1.165, 1.54) is 0 Å². The van der Waals surface area contributed by atoms with Crippen LogP contribution in [0.2, 0.25) is 0 Å². The summed E-state index contributed by atoms with van der Waals surface area (Å²) in [5, 5.41) is 2.94. The van der Waals surface area contributed by atoms with Crippen LogP contribution >= 0.6 is 15.9 Å². The first-order valence-corrected chi connectivity index (χ1v) is 12.9. The second kappa shape index (κ2) is 10.7. The molecule has 186 valence electrons. The summed E-state index contributed by atoms with van der Waals surface area (Å²) in [5.41, 5.74) is 0.910. The number of urea groups is 1. The van der Waals surface area contributed by atoms with Crippen LogP contribution in [0.3, 0.4) is 0 Å². The Kier molecular flexibility index (Phi) is 7.64. The van der Waals surface area contributed by atoms with Crippen molar-refractivity contribution in [2.24, 2.45) is 0 Å². The topological polar surface area (TPSA) is 76.2 Å². The number of nitrogens with one attached hydrogen (secondary N) is 1. The fourth-order valence-electron chi connectivity index (χ4n) is 4.98. The third-order valence-electron chi connectivity index (χ3n) is 7.00. The molecule has 2 saturated heterocycles. The van der Waals surface area contributed by atoms with Gasteiger partial charge in [0.15, 0.2) is 0 Å². The van der Waals surface area contributed by atoms with Crippen molar-refractivity contribution in [3.63, 3.8) is 0 Å². The summed E-state index contributed by atoms with van der Waals surface area (Å²) in [5.74, 6) is -0.0745. The summed E-state index contributed by atoms with van der Waals surface area (Å²) in [6, 6.07) is 17.1.